The Morgan fingerprint density at radius 1 is 1.29 bits per heavy atom. The average molecular weight is 227 g/mol. The van der Waals surface area contributed by atoms with Crippen LogP contribution in [0.25, 0.3) is 0 Å². The molecule has 1 aromatic carbocycles. The molecule has 2 aliphatic carbocycles. The zero-order valence-corrected chi connectivity index (χ0v) is 10.5. The minimum Gasteiger partial charge on any atom is -0.313 e. The van der Waals surface area contributed by atoms with Gasteiger partial charge < -0.3 is 5.32 Å². The minimum absolute atomic E-state index is 0.612. The molecule has 2 aliphatic rings. The number of rotatable bonds is 4. The molecule has 1 saturated carbocycles. The molecule has 4 atom stereocenters. The number of hydrogen-bond donors (Lipinski definition) is 1. The first kappa shape index (κ1) is 11.0. The second-order valence-electron chi connectivity index (χ2n) is 5.56. The molecule has 1 heteroatoms. The molecular weight excluding hydrogens is 206 g/mol. The highest BCUT2D eigenvalue weighted by Crippen LogP contribution is 2.42. The minimum atomic E-state index is 0.612. The van der Waals surface area contributed by atoms with E-state index in [9.17, 15) is 0 Å². The molecule has 1 fully saturated rings. The number of benzene rings is 1. The molecule has 0 radical (unpaired) electrons. The molecule has 0 heterocycles. The lowest BCUT2D eigenvalue weighted by molar-refractivity contribution is 0.162. The van der Waals surface area contributed by atoms with Gasteiger partial charge in [-0.05, 0) is 36.2 Å². The van der Waals surface area contributed by atoms with Crippen molar-refractivity contribution in [3.63, 3.8) is 0 Å². The van der Waals surface area contributed by atoms with Crippen LogP contribution < -0.4 is 5.32 Å². The van der Waals surface area contributed by atoms with Gasteiger partial charge in [0.05, 0.1) is 0 Å². The van der Waals surface area contributed by atoms with Crippen molar-refractivity contribution < 1.29 is 0 Å². The molecule has 0 amide bonds. The van der Waals surface area contributed by atoms with Gasteiger partial charge in [0.15, 0.2) is 0 Å². The number of fused-ring (bicyclic) bond motifs is 1. The SMILES string of the molecule is CC(CNC1CC2CC=CC21)c1ccccc1. The van der Waals surface area contributed by atoms with E-state index in [-0.39, 0.29) is 0 Å². The molecule has 0 saturated heterocycles. The Hall–Kier alpha value is -1.08. The summed E-state index contributed by atoms with van der Waals surface area (Å²) in [7, 11) is 0. The molecule has 0 aromatic heterocycles. The van der Waals surface area contributed by atoms with Crippen molar-refractivity contribution in [3.05, 3.63) is 48.0 Å². The van der Waals surface area contributed by atoms with E-state index in [0.29, 0.717) is 5.92 Å². The number of hydrogen-bond acceptors (Lipinski definition) is 1. The second kappa shape index (κ2) is 4.66. The van der Waals surface area contributed by atoms with Crippen LogP contribution in [-0.2, 0) is 0 Å². The Kier molecular flexibility index (Phi) is 3.02. The second-order valence-corrected chi connectivity index (χ2v) is 5.56. The summed E-state index contributed by atoms with van der Waals surface area (Å²) in [5, 5.41) is 3.74. The van der Waals surface area contributed by atoms with Crippen molar-refractivity contribution >= 4 is 0 Å². The summed E-state index contributed by atoms with van der Waals surface area (Å²) in [6.07, 6.45) is 7.47. The van der Waals surface area contributed by atoms with Gasteiger partial charge in [0.25, 0.3) is 0 Å². The van der Waals surface area contributed by atoms with Crippen molar-refractivity contribution in [1.82, 2.24) is 5.32 Å². The summed E-state index contributed by atoms with van der Waals surface area (Å²) < 4.78 is 0. The molecule has 17 heavy (non-hydrogen) atoms. The molecule has 90 valence electrons. The Morgan fingerprint density at radius 3 is 2.88 bits per heavy atom. The van der Waals surface area contributed by atoms with E-state index in [1.807, 2.05) is 0 Å². The van der Waals surface area contributed by atoms with E-state index in [4.69, 9.17) is 0 Å². The number of allylic oxidation sites excluding steroid dienone is 1. The predicted molar refractivity (Wildman–Crippen MR) is 72.0 cm³/mol. The summed E-state index contributed by atoms with van der Waals surface area (Å²) in [6, 6.07) is 11.5. The lowest BCUT2D eigenvalue weighted by Gasteiger charge is -2.41. The van der Waals surface area contributed by atoms with Gasteiger partial charge in [-0.2, -0.15) is 0 Å². The lowest BCUT2D eigenvalue weighted by atomic mass is 9.71. The first-order valence-electron chi connectivity index (χ1n) is 6.79. The van der Waals surface area contributed by atoms with Gasteiger partial charge in [-0.15, -0.1) is 0 Å². The van der Waals surface area contributed by atoms with Crippen molar-refractivity contribution in [2.75, 3.05) is 6.54 Å². The lowest BCUT2D eigenvalue weighted by Crippen LogP contribution is -2.48. The maximum Gasteiger partial charge on any atom is 0.0136 e. The van der Waals surface area contributed by atoms with Crippen molar-refractivity contribution in [1.29, 1.82) is 0 Å². The van der Waals surface area contributed by atoms with Gasteiger partial charge in [0.2, 0.25) is 0 Å². The Morgan fingerprint density at radius 2 is 2.12 bits per heavy atom. The van der Waals surface area contributed by atoms with Gasteiger partial charge in [-0.3, -0.25) is 0 Å². The van der Waals surface area contributed by atoms with Crippen LogP contribution in [0.5, 0.6) is 0 Å². The molecule has 0 spiro atoms. The van der Waals surface area contributed by atoms with Crippen LogP contribution in [0.4, 0.5) is 0 Å². The quantitative estimate of drug-likeness (QED) is 0.778. The molecule has 4 unspecified atom stereocenters. The highest BCUT2D eigenvalue weighted by Gasteiger charge is 2.40. The van der Waals surface area contributed by atoms with Crippen LogP contribution in [0, 0.1) is 11.8 Å². The third kappa shape index (κ3) is 2.16. The summed E-state index contributed by atoms with van der Waals surface area (Å²) >= 11 is 0. The third-order valence-corrected chi connectivity index (χ3v) is 4.42. The molecular formula is C16H21N. The highest BCUT2D eigenvalue weighted by molar-refractivity contribution is 5.19. The van der Waals surface area contributed by atoms with Gasteiger partial charge in [0, 0.05) is 12.6 Å². The van der Waals surface area contributed by atoms with Crippen LogP contribution in [0.1, 0.15) is 31.2 Å². The van der Waals surface area contributed by atoms with Gasteiger partial charge in [-0.25, -0.2) is 0 Å². The average Bonchev–Trinajstić information content (AvgIpc) is 2.72. The zero-order valence-electron chi connectivity index (χ0n) is 10.5. The normalized spacial score (nSPS) is 31.9. The third-order valence-electron chi connectivity index (χ3n) is 4.42. The first-order chi connectivity index (χ1) is 8.34. The molecule has 1 aromatic rings. The van der Waals surface area contributed by atoms with E-state index in [1.165, 1.54) is 18.4 Å². The Labute approximate surface area is 104 Å². The van der Waals surface area contributed by atoms with Gasteiger partial charge >= 0.3 is 0 Å². The van der Waals surface area contributed by atoms with Gasteiger partial charge in [-0.1, -0.05) is 49.4 Å². The van der Waals surface area contributed by atoms with Crippen molar-refractivity contribution in [2.24, 2.45) is 11.8 Å². The van der Waals surface area contributed by atoms with Crippen LogP contribution in [0.2, 0.25) is 0 Å². The molecule has 0 aliphatic heterocycles. The van der Waals surface area contributed by atoms with Crippen LogP contribution in [-0.4, -0.2) is 12.6 Å². The Balaban J connectivity index is 1.50. The summed E-state index contributed by atoms with van der Waals surface area (Å²) in [6.45, 7) is 3.41. The Bertz CT molecular complexity index is 395. The van der Waals surface area contributed by atoms with Crippen molar-refractivity contribution in [2.45, 2.75) is 31.7 Å². The summed E-state index contributed by atoms with van der Waals surface area (Å²) in [4.78, 5) is 0. The predicted octanol–water partition coefficient (Wildman–Crippen LogP) is 3.34. The summed E-state index contributed by atoms with van der Waals surface area (Å²) in [5.41, 5.74) is 1.44. The highest BCUT2D eigenvalue weighted by atomic mass is 14.9. The maximum atomic E-state index is 3.74. The smallest absolute Gasteiger partial charge is 0.0136 e. The molecule has 1 N–H and O–H groups in total. The molecule has 3 rings (SSSR count). The number of nitrogens with one attached hydrogen (secondary N) is 1. The topological polar surface area (TPSA) is 12.0 Å². The maximum absolute atomic E-state index is 3.74. The van der Waals surface area contributed by atoms with Crippen LogP contribution in [0.15, 0.2) is 42.5 Å². The fourth-order valence-corrected chi connectivity index (χ4v) is 3.18. The fraction of sp³-hybridized carbons (Fsp3) is 0.500. The van der Waals surface area contributed by atoms with Crippen LogP contribution in [0.3, 0.4) is 0 Å². The van der Waals surface area contributed by atoms with E-state index >= 15 is 0 Å². The largest absolute Gasteiger partial charge is 0.313 e. The fourth-order valence-electron chi connectivity index (χ4n) is 3.18. The van der Waals surface area contributed by atoms with E-state index < -0.39 is 0 Å². The van der Waals surface area contributed by atoms with Gasteiger partial charge in [0.1, 0.15) is 0 Å². The van der Waals surface area contributed by atoms with E-state index in [1.54, 1.807) is 0 Å². The monoisotopic (exact) mass is 227 g/mol. The molecule has 1 nitrogen and oxygen atoms in total. The zero-order chi connectivity index (χ0) is 11.7. The van der Waals surface area contributed by atoms with E-state index in [0.717, 1.165) is 24.4 Å². The first-order valence-corrected chi connectivity index (χ1v) is 6.79. The molecule has 0 bridgehead atoms. The standard InChI is InChI=1S/C16H21N/c1-12(13-6-3-2-4-7-13)11-17-16-10-14-8-5-9-15(14)16/h2-7,9,12,14-17H,8,10-11H2,1H3. The van der Waals surface area contributed by atoms with Crippen LogP contribution >= 0.6 is 0 Å². The summed E-state index contributed by atoms with van der Waals surface area (Å²) in [5.74, 6) is 2.40. The van der Waals surface area contributed by atoms with E-state index in [2.05, 4.69) is 54.7 Å². The van der Waals surface area contributed by atoms with Crippen molar-refractivity contribution in [3.8, 4) is 0 Å².